The Morgan fingerprint density at radius 3 is 2.83 bits per heavy atom. The van der Waals surface area contributed by atoms with Crippen molar-refractivity contribution in [3.05, 3.63) is 59.8 Å². The first-order chi connectivity index (χ1) is 8.84. The minimum atomic E-state index is 0.576. The highest BCUT2D eigenvalue weighted by atomic mass is 15.3. The second-order valence-electron chi connectivity index (χ2n) is 5.16. The number of nitrogens with zero attached hydrogens (tertiary/aromatic N) is 2. The van der Waals surface area contributed by atoms with Gasteiger partial charge >= 0.3 is 0 Å². The van der Waals surface area contributed by atoms with Gasteiger partial charge in [-0.05, 0) is 25.1 Å². The maximum absolute atomic E-state index is 2.53. The highest BCUT2D eigenvalue weighted by Crippen LogP contribution is 2.26. The Morgan fingerprint density at radius 2 is 2.00 bits per heavy atom. The second kappa shape index (κ2) is 4.99. The van der Waals surface area contributed by atoms with Crippen LogP contribution >= 0.6 is 0 Å². The summed E-state index contributed by atoms with van der Waals surface area (Å²) in [5.74, 6) is 0. The van der Waals surface area contributed by atoms with E-state index in [0.717, 1.165) is 26.1 Å². The summed E-state index contributed by atoms with van der Waals surface area (Å²) in [7, 11) is 2.23. The van der Waals surface area contributed by atoms with Crippen LogP contribution in [-0.2, 0) is 6.54 Å². The van der Waals surface area contributed by atoms with Crippen LogP contribution in [0.5, 0.6) is 0 Å². The van der Waals surface area contributed by atoms with Crippen LogP contribution in [0.3, 0.4) is 0 Å². The largest absolute Gasteiger partial charge is 0.368 e. The molecule has 0 radical (unpaired) electrons. The first kappa shape index (κ1) is 11.5. The summed E-state index contributed by atoms with van der Waals surface area (Å²) in [5, 5.41) is 0. The van der Waals surface area contributed by atoms with Gasteiger partial charge in [0.05, 0.1) is 6.04 Å². The molecule has 1 fully saturated rings. The van der Waals surface area contributed by atoms with Crippen molar-refractivity contribution in [2.24, 2.45) is 0 Å². The molecule has 94 valence electrons. The summed E-state index contributed by atoms with van der Waals surface area (Å²) in [5.41, 5.74) is 2.88. The number of piperazine rings is 1. The zero-order valence-corrected chi connectivity index (χ0v) is 10.9. The van der Waals surface area contributed by atoms with Gasteiger partial charge in [0, 0.05) is 25.3 Å². The van der Waals surface area contributed by atoms with Crippen LogP contribution in [0.15, 0.2) is 54.3 Å². The highest BCUT2D eigenvalue weighted by Gasteiger charge is 2.28. The Bertz CT molecular complexity index is 461. The maximum atomic E-state index is 2.53. The molecular formula is C16H20N2. The van der Waals surface area contributed by atoms with Gasteiger partial charge in [-0.1, -0.05) is 42.5 Å². The Morgan fingerprint density at radius 1 is 1.17 bits per heavy atom. The molecule has 2 nitrogen and oxygen atoms in total. The molecule has 3 rings (SSSR count). The summed E-state index contributed by atoms with van der Waals surface area (Å²) in [6.07, 6.45) is 7.90. The van der Waals surface area contributed by atoms with E-state index < -0.39 is 0 Å². The Kier molecular flexibility index (Phi) is 3.20. The van der Waals surface area contributed by atoms with Gasteiger partial charge in [0.15, 0.2) is 0 Å². The Labute approximate surface area is 109 Å². The van der Waals surface area contributed by atoms with Crippen LogP contribution in [0.25, 0.3) is 0 Å². The van der Waals surface area contributed by atoms with E-state index in [2.05, 4.69) is 65.4 Å². The third-order valence-corrected chi connectivity index (χ3v) is 3.94. The smallest absolute Gasteiger partial charge is 0.0529 e. The number of rotatable bonds is 2. The van der Waals surface area contributed by atoms with Gasteiger partial charge in [-0.2, -0.15) is 0 Å². The normalized spacial score (nSPS) is 23.7. The van der Waals surface area contributed by atoms with Gasteiger partial charge in [0.1, 0.15) is 0 Å². The third kappa shape index (κ3) is 2.21. The average Bonchev–Trinajstić information content (AvgIpc) is 2.44. The summed E-state index contributed by atoms with van der Waals surface area (Å²) in [4.78, 5) is 5.00. The summed E-state index contributed by atoms with van der Waals surface area (Å²) in [6, 6.07) is 11.3. The van der Waals surface area contributed by atoms with Gasteiger partial charge in [-0.3, -0.25) is 4.90 Å². The van der Waals surface area contributed by atoms with Gasteiger partial charge in [0.2, 0.25) is 0 Å². The van der Waals surface area contributed by atoms with Crippen molar-refractivity contribution in [2.75, 3.05) is 20.1 Å². The lowest BCUT2D eigenvalue weighted by Crippen LogP contribution is -2.49. The molecule has 1 aromatic rings. The zero-order valence-electron chi connectivity index (χ0n) is 10.9. The standard InChI is InChI=1S/C16H20N2/c1-17-11-12-18(13-14-7-3-2-4-8-14)16-10-6-5-9-15(16)17/h2-8,10,15H,9,11-13H2,1H3. The van der Waals surface area contributed by atoms with Crippen molar-refractivity contribution in [2.45, 2.75) is 19.0 Å². The molecule has 1 unspecified atom stereocenters. The number of likely N-dealkylation sites (N-methyl/N-ethyl adjacent to an activating group) is 1. The monoisotopic (exact) mass is 240 g/mol. The van der Waals surface area contributed by atoms with Crippen LogP contribution in [-0.4, -0.2) is 36.0 Å². The third-order valence-electron chi connectivity index (χ3n) is 3.94. The summed E-state index contributed by atoms with van der Waals surface area (Å²) < 4.78 is 0. The lowest BCUT2D eigenvalue weighted by molar-refractivity contribution is 0.140. The van der Waals surface area contributed by atoms with Crippen molar-refractivity contribution in [3.8, 4) is 0 Å². The lowest BCUT2D eigenvalue weighted by Gasteiger charge is -2.43. The zero-order chi connectivity index (χ0) is 12.4. The van der Waals surface area contributed by atoms with Crippen molar-refractivity contribution >= 4 is 0 Å². The molecule has 1 heterocycles. The van der Waals surface area contributed by atoms with Gasteiger partial charge in [-0.15, -0.1) is 0 Å². The molecule has 0 bridgehead atoms. The van der Waals surface area contributed by atoms with Crippen LogP contribution in [0.4, 0.5) is 0 Å². The lowest BCUT2D eigenvalue weighted by atomic mass is 9.99. The van der Waals surface area contributed by atoms with Gasteiger partial charge < -0.3 is 4.90 Å². The van der Waals surface area contributed by atoms with Crippen molar-refractivity contribution in [1.29, 1.82) is 0 Å². The van der Waals surface area contributed by atoms with E-state index >= 15 is 0 Å². The quantitative estimate of drug-likeness (QED) is 0.784. The molecule has 0 saturated carbocycles. The van der Waals surface area contributed by atoms with E-state index in [1.165, 1.54) is 11.3 Å². The number of allylic oxidation sites excluding steroid dienone is 2. The number of hydrogen-bond donors (Lipinski definition) is 0. The predicted molar refractivity (Wildman–Crippen MR) is 75.1 cm³/mol. The summed E-state index contributed by atoms with van der Waals surface area (Å²) >= 11 is 0. The van der Waals surface area contributed by atoms with E-state index in [1.54, 1.807) is 0 Å². The van der Waals surface area contributed by atoms with E-state index in [1.807, 2.05) is 0 Å². The minimum Gasteiger partial charge on any atom is -0.368 e. The molecule has 0 spiro atoms. The predicted octanol–water partition coefficient (Wildman–Crippen LogP) is 2.65. The first-order valence-corrected chi connectivity index (χ1v) is 6.70. The van der Waals surface area contributed by atoms with E-state index in [4.69, 9.17) is 0 Å². The molecule has 0 aromatic heterocycles. The van der Waals surface area contributed by atoms with E-state index in [-0.39, 0.29) is 0 Å². The highest BCUT2D eigenvalue weighted by molar-refractivity contribution is 5.26. The Balaban J connectivity index is 1.80. The molecule has 0 amide bonds. The topological polar surface area (TPSA) is 6.48 Å². The fraction of sp³-hybridized carbons (Fsp3) is 0.375. The first-order valence-electron chi connectivity index (χ1n) is 6.70. The van der Waals surface area contributed by atoms with Crippen molar-refractivity contribution in [3.63, 3.8) is 0 Å². The maximum Gasteiger partial charge on any atom is 0.0529 e. The molecule has 0 N–H and O–H groups in total. The molecule has 1 aliphatic carbocycles. The summed E-state index contributed by atoms with van der Waals surface area (Å²) in [6.45, 7) is 3.31. The molecular weight excluding hydrogens is 220 g/mol. The molecule has 1 saturated heterocycles. The van der Waals surface area contributed by atoms with Crippen LogP contribution < -0.4 is 0 Å². The molecule has 18 heavy (non-hydrogen) atoms. The number of hydrogen-bond acceptors (Lipinski definition) is 2. The molecule has 1 aliphatic heterocycles. The van der Waals surface area contributed by atoms with Gasteiger partial charge in [0.25, 0.3) is 0 Å². The van der Waals surface area contributed by atoms with Crippen LogP contribution in [0.2, 0.25) is 0 Å². The molecule has 2 heteroatoms. The van der Waals surface area contributed by atoms with Gasteiger partial charge in [-0.25, -0.2) is 0 Å². The minimum absolute atomic E-state index is 0.576. The molecule has 1 aromatic carbocycles. The Hall–Kier alpha value is -1.54. The van der Waals surface area contributed by atoms with Crippen molar-refractivity contribution in [1.82, 2.24) is 9.80 Å². The number of fused-ring (bicyclic) bond motifs is 1. The second-order valence-corrected chi connectivity index (χ2v) is 5.16. The fourth-order valence-electron chi connectivity index (χ4n) is 2.87. The van der Waals surface area contributed by atoms with E-state index in [0.29, 0.717) is 6.04 Å². The van der Waals surface area contributed by atoms with E-state index in [9.17, 15) is 0 Å². The van der Waals surface area contributed by atoms with Crippen LogP contribution in [0, 0.1) is 0 Å². The molecule has 1 atom stereocenters. The number of benzene rings is 1. The fourth-order valence-corrected chi connectivity index (χ4v) is 2.87. The molecule has 2 aliphatic rings. The van der Waals surface area contributed by atoms with Crippen molar-refractivity contribution < 1.29 is 0 Å². The van der Waals surface area contributed by atoms with Crippen LogP contribution in [0.1, 0.15) is 12.0 Å². The SMILES string of the molecule is CN1CCN(Cc2ccccc2)C2=CC=CCC21. The average molecular weight is 240 g/mol.